The molecule has 1 saturated heterocycles. The molecule has 0 saturated carbocycles. The molecule has 1 fully saturated rings. The summed E-state index contributed by atoms with van der Waals surface area (Å²) in [6.45, 7) is 44.7. The second-order valence-corrected chi connectivity index (χ2v) is 102. The molecule has 1 rings (SSSR count). The van der Waals surface area contributed by atoms with E-state index < -0.39 is 74.3 Å². The Morgan fingerprint density at radius 3 is 0.562 bits per heavy atom. The second-order valence-electron chi connectivity index (χ2n) is 16.0. The first-order valence-electron chi connectivity index (χ1n) is 12.1. The van der Waals surface area contributed by atoms with Crippen molar-refractivity contribution in [3.05, 3.63) is 0 Å². The first-order chi connectivity index (χ1) is 13.6. The zero-order valence-corrected chi connectivity index (χ0v) is 35.8. The highest BCUT2D eigenvalue weighted by Crippen LogP contribution is 2.86. The summed E-state index contributed by atoms with van der Waals surface area (Å²) in [5.74, 6) is 0. The predicted molar refractivity (Wildman–Crippen MR) is 181 cm³/mol. The average molecular weight is 656 g/mol. The van der Waals surface area contributed by atoms with E-state index in [1.165, 1.54) is 0 Å². The van der Waals surface area contributed by atoms with E-state index >= 15 is 0 Å². The second kappa shape index (κ2) is 9.38. The summed E-state index contributed by atoms with van der Waals surface area (Å²) in [5.41, 5.74) is 0. The lowest BCUT2D eigenvalue weighted by Crippen LogP contribution is -2.93. The summed E-state index contributed by atoms with van der Waals surface area (Å²) < 4.78 is 5.99. The van der Waals surface area contributed by atoms with Gasteiger partial charge in [-0.2, -0.15) is 0 Å². The normalized spacial score (nSPS) is 24.0. The van der Waals surface area contributed by atoms with Gasteiger partial charge in [-0.15, -0.1) is 0 Å². The molecule has 1 aliphatic rings. The molecular formula is C18H54Cl2N2P2Si8. The predicted octanol–water partition coefficient (Wildman–Crippen LogP) is 9.93. The maximum atomic E-state index is 7.83. The zero-order chi connectivity index (χ0) is 26.3. The molecule has 2 nitrogen and oxygen atoms in total. The molecule has 0 radical (unpaired) electrons. The van der Waals surface area contributed by atoms with Crippen LogP contribution in [0.5, 0.6) is 0 Å². The van der Waals surface area contributed by atoms with Crippen molar-refractivity contribution in [1.29, 1.82) is 0 Å². The molecule has 0 unspecified atom stereocenters. The van der Waals surface area contributed by atoms with Crippen LogP contribution in [0.4, 0.5) is 0 Å². The Balaban J connectivity index is 3.98. The minimum absolute atomic E-state index is 0.778. The summed E-state index contributed by atoms with van der Waals surface area (Å²) in [6.07, 6.45) is 0. The highest BCUT2D eigenvalue weighted by atomic mass is 35.7. The van der Waals surface area contributed by atoms with Gasteiger partial charge in [0.15, 0.2) is 0 Å². The minimum atomic E-state index is -1.77. The molecule has 0 bridgehead atoms. The fraction of sp³-hybridized carbons (Fsp3) is 1.00. The van der Waals surface area contributed by atoms with Crippen molar-refractivity contribution in [3.8, 4) is 0 Å². The molecule has 1 aliphatic heterocycles. The van der Waals surface area contributed by atoms with Gasteiger partial charge in [-0.25, -0.2) is 8.21 Å². The van der Waals surface area contributed by atoms with Crippen LogP contribution in [0.2, 0.25) is 118 Å². The Kier molecular flexibility index (Phi) is 9.71. The first-order valence-corrected chi connectivity index (χ1v) is 47.3. The van der Waals surface area contributed by atoms with Gasteiger partial charge in [-0.05, 0) is 0 Å². The molecule has 0 atom stereocenters. The van der Waals surface area contributed by atoms with Crippen molar-refractivity contribution in [2.75, 3.05) is 0 Å². The molecule has 0 aliphatic carbocycles. The van der Waals surface area contributed by atoms with Crippen LogP contribution in [-0.4, -0.2) is 67.3 Å². The van der Waals surface area contributed by atoms with Crippen molar-refractivity contribution in [3.63, 3.8) is 0 Å². The summed E-state index contributed by atoms with van der Waals surface area (Å²) >= 11 is 15.7. The summed E-state index contributed by atoms with van der Waals surface area (Å²) in [7, 11) is -10.4. The van der Waals surface area contributed by atoms with Crippen LogP contribution in [0.3, 0.4) is 0 Å². The van der Waals surface area contributed by atoms with Gasteiger partial charge in [0.2, 0.25) is 0 Å². The Hall–Kier alpha value is 3.10. The molecule has 1 heterocycles. The van der Waals surface area contributed by atoms with E-state index in [0.717, 1.165) is 0 Å². The molecule has 32 heavy (non-hydrogen) atoms. The van der Waals surface area contributed by atoms with Gasteiger partial charge < -0.3 is 0 Å². The molecule has 0 aromatic rings. The standard InChI is InChI=1S/C18H54Cl2N2P2Si8/c1-25(2,3)31(26(4,5)6,27(7,8)9)21-23(19)22(24(21)20)32(28(10,11)12,29(13,14)15)30(16,17)18/h1-18H3. The van der Waals surface area contributed by atoms with Gasteiger partial charge in [0.25, 0.3) is 0 Å². The third-order valence-electron chi connectivity index (χ3n) is 7.74. The van der Waals surface area contributed by atoms with E-state index in [0.29, 0.717) is 0 Å². The SMILES string of the molecule is C[Si](C)(C)[Si](N1P(Cl)N([Si]([Si](C)(C)C)([Si](C)(C)C)[Si](C)(C)C)P1Cl)([Si](C)(C)C)[Si](C)(C)C. The van der Waals surface area contributed by atoms with E-state index in [9.17, 15) is 0 Å². The fourth-order valence-corrected chi connectivity index (χ4v) is 264. The molecule has 14 heteroatoms. The topological polar surface area (TPSA) is 6.48 Å². The van der Waals surface area contributed by atoms with E-state index in [1.54, 1.807) is 0 Å². The molecule has 0 aromatic carbocycles. The fourth-order valence-electron chi connectivity index (χ4n) is 9.30. The highest BCUT2D eigenvalue weighted by Gasteiger charge is 2.77. The average Bonchev–Trinajstić information content (AvgIpc) is 2.41. The van der Waals surface area contributed by atoms with Crippen molar-refractivity contribution < 1.29 is 0 Å². The van der Waals surface area contributed by atoms with Crippen LogP contribution >= 0.6 is 37.6 Å². The molecule has 0 N–H and O–H groups in total. The van der Waals surface area contributed by atoms with Crippen molar-refractivity contribution >= 4 is 96.8 Å². The van der Waals surface area contributed by atoms with Gasteiger partial charge in [0.1, 0.15) is 28.7 Å². The molecule has 0 spiro atoms. The largest absolute Gasteiger partial charge is 0.240 e. The van der Waals surface area contributed by atoms with Crippen LogP contribution in [0.1, 0.15) is 0 Å². The van der Waals surface area contributed by atoms with E-state index in [1.807, 2.05) is 0 Å². The Morgan fingerprint density at radius 1 is 0.344 bits per heavy atom. The molecule has 0 amide bonds. The van der Waals surface area contributed by atoms with Gasteiger partial charge in [0, 0.05) is 0 Å². The van der Waals surface area contributed by atoms with Crippen molar-refractivity contribution in [1.82, 2.24) is 8.21 Å². The van der Waals surface area contributed by atoms with Crippen LogP contribution in [0.25, 0.3) is 0 Å². The monoisotopic (exact) mass is 654 g/mol. The number of halogens is 2. The number of nitrogens with zero attached hydrogens (tertiary/aromatic N) is 2. The van der Waals surface area contributed by atoms with E-state index in [-0.39, 0.29) is 0 Å². The summed E-state index contributed by atoms with van der Waals surface area (Å²) in [6, 6.07) is 0. The highest BCUT2D eigenvalue weighted by molar-refractivity contribution is 8.16. The van der Waals surface area contributed by atoms with E-state index in [4.69, 9.17) is 22.5 Å². The van der Waals surface area contributed by atoms with Gasteiger partial charge in [0.05, 0.1) is 45.5 Å². The zero-order valence-electron chi connectivity index (χ0n) is 24.5. The maximum absolute atomic E-state index is 7.83. The third-order valence-corrected chi connectivity index (χ3v) is 167. The van der Waals surface area contributed by atoms with Crippen molar-refractivity contribution in [2.45, 2.75) is 118 Å². The van der Waals surface area contributed by atoms with Gasteiger partial charge in [-0.3, -0.25) is 0 Å². The van der Waals surface area contributed by atoms with Crippen LogP contribution in [0.15, 0.2) is 0 Å². The lowest BCUT2D eigenvalue weighted by Gasteiger charge is -2.75. The number of hydrogen-bond donors (Lipinski definition) is 0. The maximum Gasteiger partial charge on any atom is 0.136 e. The van der Waals surface area contributed by atoms with Crippen LogP contribution in [-0.2, 0) is 0 Å². The van der Waals surface area contributed by atoms with Crippen LogP contribution in [0, 0.1) is 0 Å². The van der Waals surface area contributed by atoms with E-state index in [2.05, 4.69) is 126 Å². The Bertz CT molecular complexity index is 563. The minimum Gasteiger partial charge on any atom is -0.240 e. The molecule has 0 aromatic heterocycles. The van der Waals surface area contributed by atoms with Crippen molar-refractivity contribution in [2.24, 2.45) is 0 Å². The lowest BCUT2D eigenvalue weighted by atomic mass is 11.8. The van der Waals surface area contributed by atoms with Crippen LogP contribution < -0.4 is 0 Å². The summed E-state index contributed by atoms with van der Waals surface area (Å²) in [4.78, 5) is 0. The number of rotatable bonds is 8. The van der Waals surface area contributed by atoms with Gasteiger partial charge >= 0.3 is 0 Å². The van der Waals surface area contributed by atoms with Gasteiger partial charge in [-0.1, -0.05) is 140 Å². The first kappa shape index (κ1) is 33.1. The summed E-state index contributed by atoms with van der Waals surface area (Å²) in [5, 5.41) is 0. The Labute approximate surface area is 221 Å². The smallest absolute Gasteiger partial charge is 0.136 e. The molecule has 192 valence electrons. The molecular weight excluding hydrogens is 602 g/mol. The lowest BCUT2D eigenvalue weighted by molar-refractivity contribution is 0.897. The Morgan fingerprint density at radius 2 is 0.469 bits per heavy atom. The number of hydrogen-bond acceptors (Lipinski definition) is 2. The quantitative estimate of drug-likeness (QED) is 0.190. The third kappa shape index (κ3) is 4.71.